The molecule has 0 radical (unpaired) electrons. The van der Waals surface area contributed by atoms with E-state index in [-0.39, 0.29) is 21.7 Å². The number of nitrogens with zero attached hydrogens (tertiary/aromatic N) is 2. The van der Waals surface area contributed by atoms with Gasteiger partial charge in [-0.05, 0) is 12.1 Å². The summed E-state index contributed by atoms with van der Waals surface area (Å²) in [6.07, 6.45) is 0. The van der Waals surface area contributed by atoms with Crippen LogP contribution in [-0.2, 0) is 7.05 Å². The van der Waals surface area contributed by atoms with Gasteiger partial charge >= 0.3 is 0 Å². The van der Waals surface area contributed by atoms with Crippen molar-refractivity contribution in [3.8, 4) is 0 Å². The van der Waals surface area contributed by atoms with E-state index in [1.165, 1.54) is 4.68 Å². The topological polar surface area (TPSA) is 64.0 Å². The first-order valence-corrected chi connectivity index (χ1v) is 8.12. The van der Waals surface area contributed by atoms with Gasteiger partial charge in [-0.2, -0.15) is 5.10 Å². The van der Waals surface area contributed by atoms with Gasteiger partial charge in [-0.15, -0.1) is 0 Å². The van der Waals surface area contributed by atoms with Crippen LogP contribution >= 0.6 is 23.2 Å². The minimum absolute atomic E-state index is 0.0222. The first-order valence-electron chi connectivity index (χ1n) is 7.36. The highest BCUT2D eigenvalue weighted by Gasteiger charge is 2.19. The quantitative estimate of drug-likeness (QED) is 0.696. The standard InChI is InChI=1S/C18H13Cl2N3O2/c1-23-17(20)14(19)15(22-23)18(25)21-13-9-5-8-12(10-13)16(24)11-6-3-2-4-7-11/h2-10H,1H3,(H,21,25). The Hall–Kier alpha value is -2.63. The third-order valence-electron chi connectivity index (χ3n) is 3.56. The van der Waals surface area contributed by atoms with Crippen LogP contribution in [0.2, 0.25) is 10.2 Å². The van der Waals surface area contributed by atoms with E-state index < -0.39 is 5.91 Å². The number of carbonyl (C=O) groups is 2. The van der Waals surface area contributed by atoms with Crippen molar-refractivity contribution >= 4 is 40.6 Å². The van der Waals surface area contributed by atoms with Crippen molar-refractivity contribution in [2.45, 2.75) is 0 Å². The summed E-state index contributed by atoms with van der Waals surface area (Å²) in [6.45, 7) is 0. The molecule has 126 valence electrons. The number of rotatable bonds is 4. The number of ketones is 1. The van der Waals surface area contributed by atoms with Crippen molar-refractivity contribution in [1.82, 2.24) is 9.78 Å². The summed E-state index contributed by atoms with van der Waals surface area (Å²) in [5, 5.41) is 6.92. The van der Waals surface area contributed by atoms with Crippen molar-refractivity contribution in [2.75, 3.05) is 5.32 Å². The molecule has 1 heterocycles. The van der Waals surface area contributed by atoms with Gasteiger partial charge in [0.2, 0.25) is 0 Å². The van der Waals surface area contributed by atoms with Crippen LogP contribution in [0.4, 0.5) is 5.69 Å². The lowest BCUT2D eigenvalue weighted by Gasteiger charge is -2.06. The molecule has 3 aromatic rings. The number of amides is 1. The van der Waals surface area contributed by atoms with Gasteiger partial charge in [0.1, 0.15) is 10.2 Å². The second-order valence-corrected chi connectivity index (χ2v) is 6.04. The van der Waals surface area contributed by atoms with Crippen molar-refractivity contribution < 1.29 is 9.59 Å². The number of benzene rings is 2. The molecule has 0 bridgehead atoms. The molecule has 2 aromatic carbocycles. The number of aromatic nitrogens is 2. The van der Waals surface area contributed by atoms with Crippen LogP contribution in [0, 0.1) is 0 Å². The first kappa shape index (κ1) is 17.2. The number of aryl methyl sites for hydroxylation is 1. The van der Waals surface area contributed by atoms with Gasteiger partial charge in [-0.1, -0.05) is 65.7 Å². The average molecular weight is 374 g/mol. The van der Waals surface area contributed by atoms with Crippen molar-refractivity contribution in [3.63, 3.8) is 0 Å². The molecule has 25 heavy (non-hydrogen) atoms. The average Bonchev–Trinajstić information content (AvgIpc) is 2.89. The minimum Gasteiger partial charge on any atom is -0.321 e. The number of halogens is 2. The van der Waals surface area contributed by atoms with E-state index >= 15 is 0 Å². The highest BCUT2D eigenvalue weighted by molar-refractivity contribution is 6.43. The number of hydrogen-bond donors (Lipinski definition) is 1. The SMILES string of the molecule is Cn1nc(C(=O)Nc2cccc(C(=O)c3ccccc3)c2)c(Cl)c1Cl. The molecule has 0 unspecified atom stereocenters. The predicted molar refractivity (Wildman–Crippen MR) is 97.5 cm³/mol. The molecule has 0 spiro atoms. The maximum absolute atomic E-state index is 12.5. The van der Waals surface area contributed by atoms with E-state index in [0.717, 1.165) is 0 Å². The summed E-state index contributed by atoms with van der Waals surface area (Å²) in [6, 6.07) is 15.6. The first-order chi connectivity index (χ1) is 12.0. The summed E-state index contributed by atoms with van der Waals surface area (Å²) in [5.41, 5.74) is 1.53. The monoisotopic (exact) mass is 373 g/mol. The lowest BCUT2D eigenvalue weighted by molar-refractivity contribution is 0.101. The summed E-state index contributed by atoms with van der Waals surface area (Å²) in [5.74, 6) is -0.632. The van der Waals surface area contributed by atoms with Gasteiger partial charge in [0.05, 0.1) is 0 Å². The fraction of sp³-hybridized carbons (Fsp3) is 0.0556. The Morgan fingerprint density at radius 3 is 2.32 bits per heavy atom. The molecule has 0 aliphatic rings. The molecule has 0 aliphatic carbocycles. The van der Waals surface area contributed by atoms with E-state index in [0.29, 0.717) is 16.8 Å². The summed E-state index contributed by atoms with van der Waals surface area (Å²) in [4.78, 5) is 24.8. The Labute approximate surface area is 154 Å². The molecule has 0 aliphatic heterocycles. The van der Waals surface area contributed by atoms with Crippen LogP contribution in [-0.4, -0.2) is 21.5 Å². The van der Waals surface area contributed by atoms with E-state index in [1.807, 2.05) is 6.07 Å². The number of carbonyl (C=O) groups excluding carboxylic acids is 2. The van der Waals surface area contributed by atoms with Gasteiger partial charge < -0.3 is 5.32 Å². The third kappa shape index (κ3) is 3.57. The van der Waals surface area contributed by atoms with Gasteiger partial charge in [0.15, 0.2) is 11.5 Å². The fourth-order valence-corrected chi connectivity index (χ4v) is 2.68. The van der Waals surface area contributed by atoms with Crippen LogP contribution in [0.15, 0.2) is 54.6 Å². The second kappa shape index (κ2) is 7.09. The highest BCUT2D eigenvalue weighted by atomic mass is 35.5. The van der Waals surface area contributed by atoms with Crippen LogP contribution < -0.4 is 5.32 Å². The molecule has 1 aromatic heterocycles. The molecular formula is C18H13Cl2N3O2. The summed E-state index contributed by atoms with van der Waals surface area (Å²) >= 11 is 11.9. The molecule has 3 rings (SSSR count). The second-order valence-electron chi connectivity index (χ2n) is 5.31. The molecule has 0 saturated carbocycles. The van der Waals surface area contributed by atoms with Crippen molar-refractivity contribution in [1.29, 1.82) is 0 Å². The zero-order valence-corrected chi connectivity index (χ0v) is 14.7. The van der Waals surface area contributed by atoms with Crippen LogP contribution in [0.3, 0.4) is 0 Å². The molecule has 7 heteroatoms. The Morgan fingerprint density at radius 1 is 1.00 bits per heavy atom. The normalized spacial score (nSPS) is 10.5. The van der Waals surface area contributed by atoms with Crippen LogP contribution in [0.25, 0.3) is 0 Å². The smallest absolute Gasteiger partial charge is 0.277 e. The molecule has 1 amide bonds. The zero-order chi connectivity index (χ0) is 18.0. The Bertz CT molecular complexity index is 952. The Balaban J connectivity index is 1.83. The van der Waals surface area contributed by atoms with E-state index in [2.05, 4.69) is 10.4 Å². The maximum Gasteiger partial charge on any atom is 0.277 e. The van der Waals surface area contributed by atoms with E-state index in [9.17, 15) is 9.59 Å². The largest absolute Gasteiger partial charge is 0.321 e. The molecule has 1 N–H and O–H groups in total. The number of hydrogen-bond acceptors (Lipinski definition) is 3. The maximum atomic E-state index is 12.5. The van der Waals surface area contributed by atoms with Gasteiger partial charge in [-0.3, -0.25) is 14.3 Å². The minimum atomic E-state index is -0.503. The zero-order valence-electron chi connectivity index (χ0n) is 13.2. The number of anilines is 1. The van der Waals surface area contributed by atoms with E-state index in [4.69, 9.17) is 23.2 Å². The van der Waals surface area contributed by atoms with E-state index in [1.54, 1.807) is 55.6 Å². The van der Waals surface area contributed by atoms with Gasteiger partial charge in [-0.25, -0.2) is 0 Å². The molecule has 0 saturated heterocycles. The molecule has 0 fully saturated rings. The Kier molecular flexibility index (Phi) is 4.88. The molecule has 0 atom stereocenters. The third-order valence-corrected chi connectivity index (χ3v) is 4.45. The van der Waals surface area contributed by atoms with Crippen molar-refractivity contribution in [2.24, 2.45) is 7.05 Å². The van der Waals surface area contributed by atoms with Crippen LogP contribution in [0.1, 0.15) is 26.4 Å². The highest BCUT2D eigenvalue weighted by Crippen LogP contribution is 2.25. The van der Waals surface area contributed by atoms with Gasteiger partial charge in [0, 0.05) is 23.9 Å². The molecule has 5 nitrogen and oxygen atoms in total. The van der Waals surface area contributed by atoms with Gasteiger partial charge in [0.25, 0.3) is 5.91 Å². The lowest BCUT2D eigenvalue weighted by Crippen LogP contribution is -2.14. The predicted octanol–water partition coefficient (Wildman–Crippen LogP) is 4.21. The van der Waals surface area contributed by atoms with Crippen molar-refractivity contribution in [3.05, 3.63) is 81.6 Å². The molecular weight excluding hydrogens is 361 g/mol. The Morgan fingerprint density at radius 2 is 1.68 bits per heavy atom. The van der Waals surface area contributed by atoms with Crippen LogP contribution in [0.5, 0.6) is 0 Å². The number of nitrogens with one attached hydrogen (secondary N) is 1. The summed E-state index contributed by atoms with van der Waals surface area (Å²) in [7, 11) is 1.59. The summed E-state index contributed by atoms with van der Waals surface area (Å²) < 4.78 is 1.31. The lowest BCUT2D eigenvalue weighted by atomic mass is 10.0. The fourth-order valence-electron chi connectivity index (χ4n) is 2.31.